The van der Waals surface area contributed by atoms with E-state index < -0.39 is 0 Å². The van der Waals surface area contributed by atoms with Gasteiger partial charge < -0.3 is 20.1 Å². The minimum atomic E-state index is -0.117. The number of pyridine rings is 1. The van der Waals surface area contributed by atoms with Crippen LogP contribution >= 0.6 is 0 Å². The molecule has 6 nitrogen and oxygen atoms in total. The van der Waals surface area contributed by atoms with Gasteiger partial charge >= 0.3 is 0 Å². The number of nitrogens with one attached hydrogen (secondary N) is 2. The van der Waals surface area contributed by atoms with Crippen LogP contribution < -0.4 is 15.8 Å². The molecule has 2 aliphatic rings. The summed E-state index contributed by atoms with van der Waals surface area (Å²) in [6.45, 7) is 10.9. The number of H-pyrrole nitrogens is 1. The van der Waals surface area contributed by atoms with Gasteiger partial charge in [-0.2, -0.15) is 0 Å². The van der Waals surface area contributed by atoms with Crippen LogP contribution in [0.1, 0.15) is 65.9 Å². The van der Waals surface area contributed by atoms with E-state index in [-0.39, 0.29) is 18.0 Å². The molecule has 2 aromatic rings. The Balaban J connectivity index is 1.66. The quantitative estimate of drug-likeness (QED) is 0.675. The van der Waals surface area contributed by atoms with Crippen molar-refractivity contribution in [3.05, 3.63) is 74.7 Å². The van der Waals surface area contributed by atoms with Gasteiger partial charge in [-0.15, -0.1) is 0 Å². The van der Waals surface area contributed by atoms with Gasteiger partial charge in [-0.05, 0) is 81.8 Å². The number of anilines is 1. The molecule has 0 aliphatic carbocycles. The van der Waals surface area contributed by atoms with Crippen molar-refractivity contribution in [1.29, 1.82) is 0 Å². The number of nitrogens with zero attached hydrogens (tertiary/aromatic N) is 2. The van der Waals surface area contributed by atoms with Gasteiger partial charge in [0.15, 0.2) is 0 Å². The average Bonchev–Trinajstić information content (AvgIpc) is 2.83. The van der Waals surface area contributed by atoms with E-state index in [4.69, 9.17) is 0 Å². The Hall–Kier alpha value is -2.86. The lowest BCUT2D eigenvalue weighted by Crippen LogP contribution is -2.45. The summed E-state index contributed by atoms with van der Waals surface area (Å²) in [5.41, 5.74) is 5.36. The number of amides is 1. The molecule has 3 heterocycles. The summed E-state index contributed by atoms with van der Waals surface area (Å²) in [4.78, 5) is 33.9. The van der Waals surface area contributed by atoms with Crippen molar-refractivity contribution in [1.82, 2.24) is 15.2 Å². The molecule has 0 bridgehead atoms. The number of aryl methyl sites for hydroxylation is 2. The first-order valence-electron chi connectivity index (χ1n) is 12.8. The van der Waals surface area contributed by atoms with Crippen LogP contribution in [0.25, 0.3) is 0 Å². The number of carbonyl (C=O) groups is 1. The highest BCUT2D eigenvalue weighted by Gasteiger charge is 2.26. The van der Waals surface area contributed by atoms with E-state index in [0.717, 1.165) is 75.1 Å². The van der Waals surface area contributed by atoms with E-state index in [0.29, 0.717) is 17.2 Å². The number of hydrogen-bond donors (Lipinski definition) is 2. The number of likely N-dealkylation sites (tertiary alicyclic amines) is 1. The fourth-order valence-corrected chi connectivity index (χ4v) is 5.47. The maximum Gasteiger partial charge on any atom is 0.253 e. The van der Waals surface area contributed by atoms with Crippen LogP contribution in [0.3, 0.4) is 0 Å². The summed E-state index contributed by atoms with van der Waals surface area (Å²) < 4.78 is 0. The van der Waals surface area contributed by atoms with E-state index in [9.17, 15) is 9.59 Å². The molecule has 0 atom stereocenters. The van der Waals surface area contributed by atoms with Crippen LogP contribution in [0.2, 0.25) is 0 Å². The first-order chi connectivity index (χ1) is 16.5. The molecule has 0 unspecified atom stereocenters. The van der Waals surface area contributed by atoms with Crippen molar-refractivity contribution in [2.75, 3.05) is 31.1 Å². The molecule has 1 saturated heterocycles. The van der Waals surface area contributed by atoms with Crippen LogP contribution in [-0.2, 0) is 19.4 Å². The first kappa shape index (κ1) is 24.3. The van der Waals surface area contributed by atoms with Gasteiger partial charge in [-0.1, -0.05) is 25.1 Å². The normalized spacial score (nSPS) is 18.7. The Bertz CT molecular complexity index is 1100. The number of carbonyl (C=O) groups excluding carboxylic acids is 1. The maximum atomic E-state index is 13.4. The number of piperidine rings is 1. The lowest BCUT2D eigenvalue weighted by molar-refractivity contribution is 0.0950. The predicted octanol–water partition coefficient (Wildman–Crippen LogP) is 3.97. The number of allylic oxidation sites excluding steroid dienone is 2. The lowest BCUT2D eigenvalue weighted by Gasteiger charge is -2.40. The average molecular weight is 463 g/mol. The third-order valence-electron chi connectivity index (χ3n) is 7.35. The summed E-state index contributed by atoms with van der Waals surface area (Å²) in [7, 11) is 0. The van der Waals surface area contributed by atoms with Crippen molar-refractivity contribution in [2.24, 2.45) is 0 Å². The number of rotatable bonds is 4. The molecule has 1 aromatic heterocycles. The number of aromatic nitrogens is 1. The van der Waals surface area contributed by atoms with E-state index in [1.54, 1.807) is 0 Å². The Labute approximate surface area is 203 Å². The standard InChI is InChI=1S/C28H38N4O2/c1-4-31-16-14-22(15-17-31)32(5-2)26-13-9-12-24-23(26)11-8-6-7-10-21-18-20(3)30-28(34)25(21)19-29-27(24)33/h6,8-9,12-13,18,22H,4-5,7,10-11,14-17,19H2,1-3H3,(H,29,33)(H,30,34)/b8-6+. The van der Waals surface area contributed by atoms with Crippen LogP contribution in [0.4, 0.5) is 5.69 Å². The molecular weight excluding hydrogens is 424 g/mol. The number of aromatic amines is 1. The van der Waals surface area contributed by atoms with Crippen LogP contribution in [0.5, 0.6) is 0 Å². The third-order valence-corrected chi connectivity index (χ3v) is 7.35. The van der Waals surface area contributed by atoms with Crippen molar-refractivity contribution in [3.63, 3.8) is 0 Å². The zero-order chi connectivity index (χ0) is 24.1. The Morgan fingerprint density at radius 1 is 1.09 bits per heavy atom. The molecular formula is C28H38N4O2. The summed E-state index contributed by atoms with van der Waals surface area (Å²) in [5.74, 6) is -0.117. The predicted molar refractivity (Wildman–Crippen MR) is 139 cm³/mol. The zero-order valence-electron chi connectivity index (χ0n) is 20.8. The zero-order valence-corrected chi connectivity index (χ0v) is 20.8. The SMILES string of the molecule is CCN1CCC(N(CC)c2cccc3c2C/C=C/CCc2cc(C)[nH]c(=O)c2CNC3=O)CC1. The molecule has 1 fully saturated rings. The summed E-state index contributed by atoms with van der Waals surface area (Å²) in [5, 5.41) is 3.04. The van der Waals surface area contributed by atoms with Gasteiger partial charge in [0.2, 0.25) is 0 Å². The van der Waals surface area contributed by atoms with Crippen LogP contribution in [0.15, 0.2) is 41.2 Å². The summed E-state index contributed by atoms with van der Waals surface area (Å²) in [6.07, 6.45) is 9.05. The van der Waals surface area contributed by atoms with Crippen molar-refractivity contribution >= 4 is 11.6 Å². The minimum absolute atomic E-state index is 0.110. The second kappa shape index (κ2) is 11.0. The minimum Gasteiger partial charge on any atom is -0.368 e. The van der Waals surface area contributed by atoms with Crippen LogP contribution in [-0.4, -0.2) is 48.0 Å². The van der Waals surface area contributed by atoms with Crippen molar-refractivity contribution in [3.8, 4) is 0 Å². The molecule has 0 radical (unpaired) electrons. The smallest absolute Gasteiger partial charge is 0.253 e. The Morgan fingerprint density at radius 2 is 1.88 bits per heavy atom. The highest BCUT2D eigenvalue weighted by Crippen LogP contribution is 2.30. The monoisotopic (exact) mass is 462 g/mol. The van der Waals surface area contributed by atoms with Gasteiger partial charge in [0, 0.05) is 54.7 Å². The number of benzene rings is 1. The van der Waals surface area contributed by atoms with Gasteiger partial charge in [-0.3, -0.25) is 9.59 Å². The Kier molecular flexibility index (Phi) is 7.88. The molecule has 2 aliphatic heterocycles. The molecule has 0 spiro atoms. The summed E-state index contributed by atoms with van der Waals surface area (Å²) >= 11 is 0. The van der Waals surface area contributed by atoms with E-state index in [1.807, 2.05) is 25.1 Å². The molecule has 6 heteroatoms. The second-order valence-corrected chi connectivity index (χ2v) is 9.44. The third kappa shape index (κ3) is 5.27. The van der Waals surface area contributed by atoms with E-state index in [1.165, 1.54) is 5.69 Å². The molecule has 4 rings (SSSR count). The fraction of sp³-hybridized carbons (Fsp3) is 0.500. The topological polar surface area (TPSA) is 68.4 Å². The maximum absolute atomic E-state index is 13.4. The molecule has 0 saturated carbocycles. The van der Waals surface area contributed by atoms with Crippen molar-refractivity contribution in [2.45, 2.75) is 65.5 Å². The Morgan fingerprint density at radius 3 is 2.62 bits per heavy atom. The van der Waals surface area contributed by atoms with Gasteiger partial charge in [0.1, 0.15) is 0 Å². The highest BCUT2D eigenvalue weighted by molar-refractivity contribution is 5.97. The molecule has 2 N–H and O–H groups in total. The van der Waals surface area contributed by atoms with Gasteiger partial charge in [0.25, 0.3) is 11.5 Å². The van der Waals surface area contributed by atoms with Crippen LogP contribution in [0, 0.1) is 6.92 Å². The molecule has 182 valence electrons. The van der Waals surface area contributed by atoms with Gasteiger partial charge in [-0.25, -0.2) is 0 Å². The van der Waals surface area contributed by atoms with E-state index >= 15 is 0 Å². The number of hydrogen-bond acceptors (Lipinski definition) is 4. The highest BCUT2D eigenvalue weighted by atomic mass is 16.1. The molecule has 1 amide bonds. The van der Waals surface area contributed by atoms with Gasteiger partial charge in [0.05, 0.1) is 0 Å². The first-order valence-corrected chi connectivity index (χ1v) is 12.8. The largest absolute Gasteiger partial charge is 0.368 e. The molecule has 1 aromatic carbocycles. The summed E-state index contributed by atoms with van der Waals surface area (Å²) in [6, 6.07) is 8.60. The van der Waals surface area contributed by atoms with E-state index in [2.05, 4.69) is 52.2 Å². The fourth-order valence-electron chi connectivity index (χ4n) is 5.47. The lowest BCUT2D eigenvalue weighted by atomic mass is 9.96. The van der Waals surface area contributed by atoms with Crippen molar-refractivity contribution < 1.29 is 4.79 Å². The molecule has 34 heavy (non-hydrogen) atoms. The second-order valence-electron chi connectivity index (χ2n) is 9.44. The number of fused-ring (bicyclic) bond motifs is 2.